The average Bonchev–Trinajstić information content (AvgIpc) is 2.58. The molecule has 0 spiro atoms. The second-order valence-electron chi connectivity index (χ2n) is 4.33. The Hall–Kier alpha value is -1.36. The number of anilines is 1. The molecule has 0 atom stereocenters. The van der Waals surface area contributed by atoms with Gasteiger partial charge in [-0.2, -0.15) is 0 Å². The molecule has 5 nitrogen and oxygen atoms in total. The largest absolute Gasteiger partial charge is 0.360 e. The molecule has 0 aromatic carbocycles. The van der Waals surface area contributed by atoms with Gasteiger partial charge in [-0.1, -0.05) is 19.0 Å². The monoisotopic (exact) mass is 226 g/mol. The van der Waals surface area contributed by atoms with E-state index in [4.69, 9.17) is 4.52 Å². The van der Waals surface area contributed by atoms with E-state index in [-0.39, 0.29) is 5.91 Å². The Balaban J connectivity index is 2.16. The van der Waals surface area contributed by atoms with Gasteiger partial charge in [0.2, 0.25) is 0 Å². The van der Waals surface area contributed by atoms with Crippen molar-refractivity contribution in [3.63, 3.8) is 0 Å². The van der Waals surface area contributed by atoms with Crippen molar-refractivity contribution in [3.8, 4) is 0 Å². The fourth-order valence-corrected chi connectivity index (χ4v) is 1.30. The number of carbonyl (C=O) groups excluding carboxylic acids is 1. The molecule has 0 bridgehead atoms. The number of hydrogen-bond donors (Lipinski definition) is 2. The SMILES string of the molecule is Cc1cc(NC(=O)C[NH2+]CCC(C)C)no1. The highest BCUT2D eigenvalue weighted by atomic mass is 16.5. The first-order valence-corrected chi connectivity index (χ1v) is 5.62. The zero-order chi connectivity index (χ0) is 12.0. The van der Waals surface area contributed by atoms with Gasteiger partial charge in [0.25, 0.3) is 5.91 Å². The maximum absolute atomic E-state index is 11.4. The molecule has 1 aromatic heterocycles. The zero-order valence-electron chi connectivity index (χ0n) is 10.1. The number of hydrogen-bond acceptors (Lipinski definition) is 3. The van der Waals surface area contributed by atoms with Gasteiger partial charge in [0.15, 0.2) is 12.4 Å². The van der Waals surface area contributed by atoms with E-state index in [1.165, 1.54) is 0 Å². The summed E-state index contributed by atoms with van der Waals surface area (Å²) in [4.78, 5) is 11.4. The van der Waals surface area contributed by atoms with Gasteiger partial charge in [0.1, 0.15) is 5.76 Å². The number of quaternary nitrogens is 1. The van der Waals surface area contributed by atoms with Crippen molar-refractivity contribution >= 4 is 11.7 Å². The molecular weight excluding hydrogens is 206 g/mol. The van der Waals surface area contributed by atoms with Gasteiger partial charge >= 0.3 is 0 Å². The lowest BCUT2D eigenvalue weighted by atomic mass is 10.1. The first-order valence-electron chi connectivity index (χ1n) is 5.62. The summed E-state index contributed by atoms with van der Waals surface area (Å²) in [6, 6.07) is 1.70. The van der Waals surface area contributed by atoms with Crippen LogP contribution in [0.15, 0.2) is 10.6 Å². The molecule has 0 saturated heterocycles. The quantitative estimate of drug-likeness (QED) is 0.695. The van der Waals surface area contributed by atoms with Crippen molar-refractivity contribution in [2.75, 3.05) is 18.4 Å². The van der Waals surface area contributed by atoms with E-state index in [1.54, 1.807) is 13.0 Å². The predicted octanol–water partition coefficient (Wildman–Crippen LogP) is 0.531. The van der Waals surface area contributed by atoms with Crippen molar-refractivity contribution in [1.29, 1.82) is 0 Å². The minimum atomic E-state index is -0.0444. The van der Waals surface area contributed by atoms with Gasteiger partial charge in [-0.15, -0.1) is 0 Å². The fourth-order valence-electron chi connectivity index (χ4n) is 1.30. The molecule has 90 valence electrons. The Kier molecular flexibility index (Phi) is 4.98. The molecule has 1 heterocycles. The number of nitrogens with zero attached hydrogens (tertiary/aromatic N) is 1. The summed E-state index contributed by atoms with van der Waals surface area (Å²) >= 11 is 0. The Bertz CT molecular complexity index is 334. The fraction of sp³-hybridized carbons (Fsp3) is 0.636. The lowest BCUT2D eigenvalue weighted by Gasteiger charge is -2.03. The number of aromatic nitrogens is 1. The van der Waals surface area contributed by atoms with E-state index in [2.05, 4.69) is 24.3 Å². The minimum Gasteiger partial charge on any atom is -0.360 e. The number of carbonyl (C=O) groups is 1. The van der Waals surface area contributed by atoms with E-state index in [9.17, 15) is 4.79 Å². The van der Waals surface area contributed by atoms with Crippen LogP contribution < -0.4 is 10.6 Å². The van der Waals surface area contributed by atoms with Crippen LogP contribution in [0.1, 0.15) is 26.0 Å². The molecule has 0 aliphatic rings. The molecule has 0 radical (unpaired) electrons. The predicted molar refractivity (Wildman–Crippen MR) is 61.0 cm³/mol. The first kappa shape index (κ1) is 12.7. The van der Waals surface area contributed by atoms with Crippen molar-refractivity contribution in [2.24, 2.45) is 5.92 Å². The van der Waals surface area contributed by atoms with Crippen molar-refractivity contribution in [3.05, 3.63) is 11.8 Å². The molecule has 5 heteroatoms. The lowest BCUT2D eigenvalue weighted by molar-refractivity contribution is -0.644. The Morgan fingerprint density at radius 2 is 2.38 bits per heavy atom. The van der Waals surface area contributed by atoms with Gasteiger partial charge in [0, 0.05) is 6.07 Å². The molecule has 0 aliphatic heterocycles. The van der Waals surface area contributed by atoms with Crippen LogP contribution in [-0.2, 0) is 4.79 Å². The highest BCUT2D eigenvalue weighted by molar-refractivity contribution is 5.90. The van der Waals surface area contributed by atoms with Crippen molar-refractivity contribution < 1.29 is 14.6 Å². The highest BCUT2D eigenvalue weighted by Gasteiger charge is 2.07. The normalized spacial score (nSPS) is 10.8. The van der Waals surface area contributed by atoms with E-state index < -0.39 is 0 Å². The summed E-state index contributed by atoms with van der Waals surface area (Å²) in [7, 11) is 0. The third kappa shape index (κ3) is 4.93. The molecule has 16 heavy (non-hydrogen) atoms. The van der Waals surface area contributed by atoms with Crippen LogP contribution in [0.25, 0.3) is 0 Å². The standard InChI is InChI=1S/C11H19N3O2/c1-8(2)4-5-12-7-11(15)13-10-6-9(3)16-14-10/h6,8,12H,4-5,7H2,1-3H3,(H,13,14,15)/p+1. The number of nitrogens with one attached hydrogen (secondary N) is 1. The van der Waals surface area contributed by atoms with Crippen LogP contribution >= 0.6 is 0 Å². The molecule has 0 saturated carbocycles. The molecule has 1 amide bonds. The average molecular weight is 226 g/mol. The van der Waals surface area contributed by atoms with Crippen LogP contribution in [0.4, 0.5) is 5.82 Å². The van der Waals surface area contributed by atoms with Crippen LogP contribution in [0.3, 0.4) is 0 Å². The van der Waals surface area contributed by atoms with Gasteiger partial charge in [-0.05, 0) is 19.3 Å². The molecule has 0 fully saturated rings. The Morgan fingerprint density at radius 1 is 1.62 bits per heavy atom. The molecule has 0 aliphatic carbocycles. The number of aryl methyl sites for hydroxylation is 1. The van der Waals surface area contributed by atoms with E-state index in [1.807, 2.05) is 5.32 Å². The van der Waals surface area contributed by atoms with E-state index >= 15 is 0 Å². The number of amides is 1. The second kappa shape index (κ2) is 6.27. The summed E-state index contributed by atoms with van der Waals surface area (Å²) in [6.45, 7) is 7.54. The summed E-state index contributed by atoms with van der Waals surface area (Å²) in [5.74, 6) is 1.81. The lowest BCUT2D eigenvalue weighted by Crippen LogP contribution is -2.86. The molecular formula is C11H20N3O2+. The van der Waals surface area contributed by atoms with Gasteiger partial charge in [-0.3, -0.25) is 4.79 Å². The van der Waals surface area contributed by atoms with Gasteiger partial charge in [-0.25, -0.2) is 0 Å². The summed E-state index contributed by atoms with van der Waals surface area (Å²) in [6.07, 6.45) is 1.12. The van der Waals surface area contributed by atoms with E-state index in [0.29, 0.717) is 24.0 Å². The third-order valence-electron chi connectivity index (χ3n) is 2.17. The molecule has 3 N–H and O–H groups in total. The molecule has 0 unspecified atom stereocenters. The topological polar surface area (TPSA) is 71.7 Å². The smallest absolute Gasteiger partial charge is 0.280 e. The van der Waals surface area contributed by atoms with Crippen LogP contribution in [-0.4, -0.2) is 24.2 Å². The highest BCUT2D eigenvalue weighted by Crippen LogP contribution is 2.05. The van der Waals surface area contributed by atoms with Crippen LogP contribution in [0.2, 0.25) is 0 Å². The molecule has 1 rings (SSSR count). The van der Waals surface area contributed by atoms with Crippen LogP contribution in [0.5, 0.6) is 0 Å². The zero-order valence-corrected chi connectivity index (χ0v) is 10.1. The van der Waals surface area contributed by atoms with Crippen LogP contribution in [0, 0.1) is 12.8 Å². The van der Waals surface area contributed by atoms with Crippen molar-refractivity contribution in [2.45, 2.75) is 27.2 Å². The Labute approximate surface area is 95.6 Å². The number of rotatable bonds is 6. The van der Waals surface area contributed by atoms with Gasteiger partial charge in [0.05, 0.1) is 6.54 Å². The Morgan fingerprint density at radius 3 is 2.94 bits per heavy atom. The maximum Gasteiger partial charge on any atom is 0.280 e. The number of nitrogens with two attached hydrogens (primary N) is 1. The van der Waals surface area contributed by atoms with Gasteiger partial charge < -0.3 is 15.2 Å². The minimum absolute atomic E-state index is 0.0444. The van der Waals surface area contributed by atoms with Crippen molar-refractivity contribution in [1.82, 2.24) is 5.16 Å². The summed E-state index contributed by atoms with van der Waals surface area (Å²) in [5.41, 5.74) is 0. The summed E-state index contributed by atoms with van der Waals surface area (Å²) < 4.78 is 4.85. The maximum atomic E-state index is 11.4. The third-order valence-corrected chi connectivity index (χ3v) is 2.17. The van der Waals surface area contributed by atoms with E-state index in [0.717, 1.165) is 13.0 Å². The summed E-state index contributed by atoms with van der Waals surface area (Å²) in [5, 5.41) is 8.37. The second-order valence-corrected chi connectivity index (χ2v) is 4.33. The first-order chi connectivity index (χ1) is 7.58. The molecule has 1 aromatic rings.